The van der Waals surface area contributed by atoms with E-state index in [2.05, 4.69) is 40.1 Å². The molecule has 0 radical (unpaired) electrons. The molecule has 1 aromatic carbocycles. The van der Waals surface area contributed by atoms with Gasteiger partial charge in [0.2, 0.25) is 0 Å². The summed E-state index contributed by atoms with van der Waals surface area (Å²) in [5.74, 6) is 0.703. The van der Waals surface area contributed by atoms with E-state index in [1.807, 2.05) is 42.5 Å². The third kappa shape index (κ3) is 8.05. The Labute approximate surface area is 196 Å². The summed E-state index contributed by atoms with van der Waals surface area (Å²) in [5.41, 5.74) is 0.934. The summed E-state index contributed by atoms with van der Waals surface area (Å²) in [7, 11) is -1.28. The molecule has 10 heteroatoms. The van der Waals surface area contributed by atoms with Gasteiger partial charge in [0.15, 0.2) is 5.82 Å². The van der Waals surface area contributed by atoms with Crippen molar-refractivity contribution < 1.29 is 19.1 Å². The zero-order chi connectivity index (χ0) is 23.7. The molecule has 2 aromatic rings. The first-order chi connectivity index (χ1) is 15.8. The van der Waals surface area contributed by atoms with E-state index in [0.29, 0.717) is 38.6 Å². The number of hydrogen-bond donors (Lipinski definition) is 1. The van der Waals surface area contributed by atoms with Crippen LogP contribution in [0, 0.1) is 0 Å². The van der Waals surface area contributed by atoms with Crippen LogP contribution in [0.15, 0.2) is 48.7 Å². The van der Waals surface area contributed by atoms with E-state index in [-0.39, 0.29) is 18.7 Å². The van der Waals surface area contributed by atoms with Crippen molar-refractivity contribution in [2.45, 2.75) is 38.3 Å². The standard InChI is InChI=1S/C23H33N5O4Si/c1-33(2,3)15-14-31-22(29)24-16-20-17-27(12-13-28(20)21-10-7-11-25-26-21)23(30)32-18-19-8-5-4-6-9-19/h4-11,20H,12-18H2,1-3H3,(H,24,29)/t20-/m1/s1. The molecule has 1 fully saturated rings. The van der Waals surface area contributed by atoms with Gasteiger partial charge in [-0.05, 0) is 23.7 Å². The van der Waals surface area contributed by atoms with Gasteiger partial charge in [0, 0.05) is 40.4 Å². The minimum absolute atomic E-state index is 0.190. The second-order valence-corrected chi connectivity index (χ2v) is 14.9. The molecule has 1 aliphatic rings. The highest BCUT2D eigenvalue weighted by Gasteiger charge is 2.31. The van der Waals surface area contributed by atoms with Gasteiger partial charge in [-0.25, -0.2) is 9.59 Å². The van der Waals surface area contributed by atoms with E-state index in [4.69, 9.17) is 9.47 Å². The Morgan fingerprint density at radius 2 is 1.88 bits per heavy atom. The van der Waals surface area contributed by atoms with E-state index in [0.717, 1.165) is 11.6 Å². The molecule has 0 saturated carbocycles. The highest BCUT2D eigenvalue weighted by Crippen LogP contribution is 2.18. The lowest BCUT2D eigenvalue weighted by Gasteiger charge is -2.41. The number of carbonyl (C=O) groups excluding carboxylic acids is 2. The summed E-state index contributed by atoms with van der Waals surface area (Å²) >= 11 is 0. The molecule has 178 valence electrons. The van der Waals surface area contributed by atoms with Crippen LogP contribution in [-0.2, 0) is 16.1 Å². The van der Waals surface area contributed by atoms with Crippen molar-refractivity contribution in [3.63, 3.8) is 0 Å². The lowest BCUT2D eigenvalue weighted by Crippen LogP contribution is -2.58. The van der Waals surface area contributed by atoms with Crippen LogP contribution in [-0.4, -0.2) is 74.2 Å². The summed E-state index contributed by atoms with van der Waals surface area (Å²) in [4.78, 5) is 28.6. The smallest absolute Gasteiger partial charge is 0.410 e. The summed E-state index contributed by atoms with van der Waals surface area (Å²) in [6.45, 7) is 9.08. The number of anilines is 1. The molecule has 0 unspecified atom stereocenters. The number of nitrogens with one attached hydrogen (secondary N) is 1. The number of aromatic nitrogens is 2. The molecule has 2 amide bonds. The van der Waals surface area contributed by atoms with Gasteiger partial charge in [0.1, 0.15) is 6.61 Å². The lowest BCUT2D eigenvalue weighted by molar-refractivity contribution is 0.0885. The van der Waals surface area contributed by atoms with Crippen LogP contribution in [0.25, 0.3) is 0 Å². The highest BCUT2D eigenvalue weighted by molar-refractivity contribution is 6.76. The molecule has 1 saturated heterocycles. The number of alkyl carbamates (subject to hydrolysis) is 1. The molecule has 3 rings (SSSR count). The molecule has 1 N–H and O–H groups in total. The second kappa shape index (κ2) is 11.6. The predicted octanol–water partition coefficient (Wildman–Crippen LogP) is 3.37. The van der Waals surface area contributed by atoms with Gasteiger partial charge < -0.3 is 24.6 Å². The van der Waals surface area contributed by atoms with E-state index in [9.17, 15) is 9.59 Å². The number of rotatable bonds is 8. The van der Waals surface area contributed by atoms with Crippen molar-refractivity contribution in [3.05, 3.63) is 54.2 Å². The van der Waals surface area contributed by atoms with E-state index < -0.39 is 14.2 Å². The maximum Gasteiger partial charge on any atom is 0.410 e. The number of hydrogen-bond acceptors (Lipinski definition) is 7. The monoisotopic (exact) mass is 471 g/mol. The maximum absolute atomic E-state index is 12.7. The Bertz CT molecular complexity index is 895. The van der Waals surface area contributed by atoms with Gasteiger partial charge in [-0.3, -0.25) is 0 Å². The molecule has 0 spiro atoms. The normalized spacial score (nSPS) is 16.3. The van der Waals surface area contributed by atoms with Crippen molar-refractivity contribution >= 4 is 26.1 Å². The Kier molecular flexibility index (Phi) is 8.64. The molecule has 0 bridgehead atoms. The Hall–Kier alpha value is -3.14. The zero-order valence-electron chi connectivity index (χ0n) is 19.6. The largest absolute Gasteiger partial charge is 0.450 e. The number of nitrogens with zero attached hydrogens (tertiary/aromatic N) is 4. The number of carbonyl (C=O) groups is 2. The van der Waals surface area contributed by atoms with Crippen molar-refractivity contribution in [2.75, 3.05) is 37.7 Å². The maximum atomic E-state index is 12.7. The summed E-state index contributed by atoms with van der Waals surface area (Å²) in [6.07, 6.45) is 0.792. The van der Waals surface area contributed by atoms with Gasteiger partial charge in [-0.1, -0.05) is 50.0 Å². The quantitative estimate of drug-likeness (QED) is 0.590. The van der Waals surface area contributed by atoms with Crippen LogP contribution in [0.3, 0.4) is 0 Å². The van der Waals surface area contributed by atoms with Crippen LogP contribution in [0.5, 0.6) is 0 Å². The SMILES string of the molecule is C[Si](C)(C)CCOC(=O)NC[C@@H]1CN(C(=O)OCc2ccccc2)CCN1c1cccnn1. The van der Waals surface area contributed by atoms with Crippen molar-refractivity contribution in [3.8, 4) is 0 Å². The zero-order valence-corrected chi connectivity index (χ0v) is 20.6. The van der Waals surface area contributed by atoms with Gasteiger partial charge in [-0.2, -0.15) is 5.10 Å². The second-order valence-electron chi connectivity index (χ2n) is 9.24. The van der Waals surface area contributed by atoms with Gasteiger partial charge in [0.05, 0.1) is 12.6 Å². The molecular weight excluding hydrogens is 438 g/mol. The molecule has 2 heterocycles. The molecule has 9 nitrogen and oxygen atoms in total. The first-order valence-corrected chi connectivity index (χ1v) is 14.9. The van der Waals surface area contributed by atoms with E-state index in [1.54, 1.807) is 11.1 Å². The minimum atomic E-state index is -1.28. The Balaban J connectivity index is 1.57. The van der Waals surface area contributed by atoms with Crippen molar-refractivity contribution in [1.82, 2.24) is 20.4 Å². The average Bonchev–Trinajstić information content (AvgIpc) is 2.81. The molecular formula is C23H33N5O4Si. The van der Waals surface area contributed by atoms with Crippen LogP contribution in [0.2, 0.25) is 25.7 Å². The predicted molar refractivity (Wildman–Crippen MR) is 129 cm³/mol. The fourth-order valence-electron chi connectivity index (χ4n) is 3.46. The molecule has 33 heavy (non-hydrogen) atoms. The Morgan fingerprint density at radius 1 is 1.09 bits per heavy atom. The van der Waals surface area contributed by atoms with E-state index in [1.165, 1.54) is 0 Å². The molecule has 1 aliphatic heterocycles. The topological polar surface area (TPSA) is 96.9 Å². The van der Waals surface area contributed by atoms with Crippen molar-refractivity contribution in [2.24, 2.45) is 0 Å². The first kappa shape index (κ1) is 24.5. The number of ether oxygens (including phenoxy) is 2. The minimum Gasteiger partial charge on any atom is -0.450 e. The lowest BCUT2D eigenvalue weighted by atomic mass is 10.1. The van der Waals surface area contributed by atoms with Crippen LogP contribution in [0.1, 0.15) is 5.56 Å². The third-order valence-electron chi connectivity index (χ3n) is 5.37. The summed E-state index contributed by atoms with van der Waals surface area (Å²) in [6, 6.07) is 14.0. The van der Waals surface area contributed by atoms with Gasteiger partial charge in [-0.15, -0.1) is 5.10 Å². The average molecular weight is 472 g/mol. The number of amides is 2. The summed E-state index contributed by atoms with van der Waals surface area (Å²) < 4.78 is 10.8. The van der Waals surface area contributed by atoms with Crippen molar-refractivity contribution in [1.29, 1.82) is 0 Å². The Morgan fingerprint density at radius 3 is 2.58 bits per heavy atom. The first-order valence-electron chi connectivity index (χ1n) is 11.2. The van der Waals surface area contributed by atoms with E-state index >= 15 is 0 Å². The molecule has 1 aromatic heterocycles. The number of benzene rings is 1. The highest BCUT2D eigenvalue weighted by atomic mass is 28.3. The fourth-order valence-corrected chi connectivity index (χ4v) is 4.17. The fraction of sp³-hybridized carbons (Fsp3) is 0.478. The number of piperazine rings is 1. The molecule has 0 aliphatic carbocycles. The van der Waals surface area contributed by atoms with Crippen LogP contribution < -0.4 is 10.2 Å². The van der Waals surface area contributed by atoms with Gasteiger partial charge >= 0.3 is 12.2 Å². The molecule has 1 atom stereocenters. The third-order valence-corrected chi connectivity index (χ3v) is 7.07. The summed E-state index contributed by atoms with van der Waals surface area (Å²) in [5, 5.41) is 11.0. The van der Waals surface area contributed by atoms with Crippen LogP contribution >= 0.6 is 0 Å². The van der Waals surface area contributed by atoms with Crippen LogP contribution in [0.4, 0.5) is 15.4 Å². The van der Waals surface area contributed by atoms with Gasteiger partial charge in [0.25, 0.3) is 0 Å².